The van der Waals surface area contributed by atoms with Crippen LogP contribution < -0.4 is 0 Å². The summed E-state index contributed by atoms with van der Waals surface area (Å²) in [6, 6.07) is 3.94. The summed E-state index contributed by atoms with van der Waals surface area (Å²) < 4.78 is 6.45. The highest BCUT2D eigenvalue weighted by molar-refractivity contribution is 8.26. The second kappa shape index (κ2) is 6.59. The molecular formula is C15H19NO2S2. The minimum Gasteiger partial charge on any atom is -0.461 e. The average Bonchev–Trinajstić information content (AvgIpc) is 2.98. The van der Waals surface area contributed by atoms with E-state index in [9.17, 15) is 4.79 Å². The molecule has 0 saturated carbocycles. The van der Waals surface area contributed by atoms with E-state index in [1.807, 2.05) is 12.1 Å². The maximum absolute atomic E-state index is 11.9. The number of carbonyl (C=O) groups excluding carboxylic acids is 1. The van der Waals surface area contributed by atoms with E-state index < -0.39 is 0 Å². The van der Waals surface area contributed by atoms with Crippen molar-refractivity contribution < 1.29 is 9.21 Å². The van der Waals surface area contributed by atoms with Crippen LogP contribution in [0.15, 0.2) is 21.5 Å². The van der Waals surface area contributed by atoms with Gasteiger partial charge in [0.25, 0.3) is 5.91 Å². The normalized spacial score (nSPS) is 19.1. The predicted molar refractivity (Wildman–Crippen MR) is 87.6 cm³/mol. The van der Waals surface area contributed by atoms with Crippen LogP contribution in [-0.2, 0) is 4.79 Å². The van der Waals surface area contributed by atoms with Crippen molar-refractivity contribution in [1.29, 1.82) is 0 Å². The summed E-state index contributed by atoms with van der Waals surface area (Å²) in [6.07, 6.45) is 5.12. The number of likely N-dealkylation sites (N-methyl/N-ethyl adjacent to an activating group) is 1. The molecule has 1 aromatic rings. The van der Waals surface area contributed by atoms with E-state index in [2.05, 4.69) is 13.8 Å². The van der Waals surface area contributed by atoms with E-state index in [4.69, 9.17) is 16.6 Å². The van der Waals surface area contributed by atoms with Crippen LogP contribution in [0, 0.1) is 0 Å². The summed E-state index contributed by atoms with van der Waals surface area (Å²) in [6.45, 7) is 4.35. The van der Waals surface area contributed by atoms with E-state index in [1.54, 1.807) is 13.1 Å². The van der Waals surface area contributed by atoms with E-state index in [0.717, 1.165) is 30.8 Å². The van der Waals surface area contributed by atoms with E-state index in [1.165, 1.54) is 16.7 Å². The van der Waals surface area contributed by atoms with E-state index in [-0.39, 0.29) is 5.91 Å². The van der Waals surface area contributed by atoms with Crippen molar-refractivity contribution in [2.75, 3.05) is 7.05 Å². The molecule has 0 bridgehead atoms. The first-order chi connectivity index (χ1) is 9.56. The van der Waals surface area contributed by atoms with Gasteiger partial charge in [-0.3, -0.25) is 9.69 Å². The van der Waals surface area contributed by atoms with Crippen LogP contribution in [0.1, 0.15) is 50.5 Å². The number of rotatable bonds is 5. The van der Waals surface area contributed by atoms with Crippen molar-refractivity contribution in [3.8, 4) is 0 Å². The highest BCUT2D eigenvalue weighted by Crippen LogP contribution is 2.33. The molecule has 3 nitrogen and oxygen atoms in total. The Morgan fingerprint density at radius 1 is 1.45 bits per heavy atom. The Kier molecular flexibility index (Phi) is 5.05. The second-order valence-electron chi connectivity index (χ2n) is 4.87. The van der Waals surface area contributed by atoms with Gasteiger partial charge in [-0.15, -0.1) is 0 Å². The number of thioether (sulfide) groups is 1. The lowest BCUT2D eigenvalue weighted by molar-refractivity contribution is -0.121. The predicted octanol–water partition coefficient (Wildman–Crippen LogP) is 4.40. The van der Waals surface area contributed by atoms with Crippen LogP contribution in [0.2, 0.25) is 0 Å². The van der Waals surface area contributed by atoms with Crippen LogP contribution in [-0.4, -0.2) is 22.2 Å². The lowest BCUT2D eigenvalue weighted by Gasteiger charge is -2.09. The third-order valence-corrected chi connectivity index (χ3v) is 4.92. The number of carbonyl (C=O) groups is 1. The zero-order valence-corrected chi connectivity index (χ0v) is 13.6. The van der Waals surface area contributed by atoms with E-state index in [0.29, 0.717) is 15.1 Å². The van der Waals surface area contributed by atoms with Gasteiger partial charge in [0.2, 0.25) is 0 Å². The van der Waals surface area contributed by atoms with Gasteiger partial charge in [0.05, 0.1) is 4.91 Å². The first-order valence-corrected chi connectivity index (χ1v) is 8.10. The maximum atomic E-state index is 11.9. The molecule has 20 heavy (non-hydrogen) atoms. The molecule has 1 aromatic heterocycles. The van der Waals surface area contributed by atoms with Crippen LogP contribution in [0.3, 0.4) is 0 Å². The Morgan fingerprint density at radius 2 is 2.20 bits per heavy atom. The molecule has 1 aliphatic heterocycles. The molecule has 1 saturated heterocycles. The molecule has 1 aliphatic rings. The fourth-order valence-electron chi connectivity index (χ4n) is 2.24. The van der Waals surface area contributed by atoms with Gasteiger partial charge in [0.1, 0.15) is 15.8 Å². The quantitative estimate of drug-likeness (QED) is 0.596. The number of thiocarbonyl (C=S) groups is 1. The van der Waals surface area contributed by atoms with Gasteiger partial charge < -0.3 is 4.42 Å². The van der Waals surface area contributed by atoms with Gasteiger partial charge in [-0.2, -0.15) is 0 Å². The van der Waals surface area contributed by atoms with Gasteiger partial charge in [-0.1, -0.05) is 44.2 Å². The fourth-order valence-corrected chi connectivity index (χ4v) is 3.40. The molecule has 5 heteroatoms. The number of hydrogen-bond acceptors (Lipinski definition) is 4. The van der Waals surface area contributed by atoms with Gasteiger partial charge in [0.15, 0.2) is 0 Å². The van der Waals surface area contributed by atoms with Crippen LogP contribution in [0.5, 0.6) is 0 Å². The van der Waals surface area contributed by atoms with Crippen molar-refractivity contribution in [3.05, 3.63) is 28.6 Å². The monoisotopic (exact) mass is 309 g/mol. The molecule has 0 N–H and O–H groups in total. The summed E-state index contributed by atoms with van der Waals surface area (Å²) in [5.41, 5.74) is 0. The minimum atomic E-state index is -0.0569. The molecule has 0 radical (unpaired) electrons. The van der Waals surface area contributed by atoms with Gasteiger partial charge in [-0.25, -0.2) is 0 Å². The average molecular weight is 309 g/mol. The molecule has 0 aromatic carbocycles. The largest absolute Gasteiger partial charge is 0.461 e. The lowest BCUT2D eigenvalue weighted by atomic mass is 9.98. The molecule has 108 valence electrons. The molecule has 0 spiro atoms. The molecule has 1 unspecified atom stereocenters. The summed E-state index contributed by atoms with van der Waals surface area (Å²) in [5.74, 6) is 2.14. The van der Waals surface area contributed by atoms with Crippen LogP contribution in [0.4, 0.5) is 0 Å². The highest BCUT2D eigenvalue weighted by atomic mass is 32.2. The molecular weight excluding hydrogens is 290 g/mol. The molecule has 0 aliphatic carbocycles. The van der Waals surface area contributed by atoms with Gasteiger partial charge >= 0.3 is 0 Å². The van der Waals surface area contributed by atoms with Gasteiger partial charge in [0, 0.05) is 19.0 Å². The van der Waals surface area contributed by atoms with Crippen LogP contribution >= 0.6 is 24.0 Å². The second-order valence-corrected chi connectivity index (χ2v) is 6.55. The summed E-state index contributed by atoms with van der Waals surface area (Å²) in [7, 11) is 1.69. The van der Waals surface area contributed by atoms with Crippen molar-refractivity contribution in [3.63, 3.8) is 0 Å². The SMILES string of the molecule is CCCC(CC)c1ccc(/C=C2\SC(=S)N(C)C2=O)o1. The summed E-state index contributed by atoms with van der Waals surface area (Å²) in [5, 5.41) is 0. The summed E-state index contributed by atoms with van der Waals surface area (Å²) >= 11 is 6.43. The van der Waals surface area contributed by atoms with Crippen LogP contribution in [0.25, 0.3) is 6.08 Å². The molecule has 2 rings (SSSR count). The first kappa shape index (κ1) is 15.3. The fraction of sp³-hybridized carbons (Fsp3) is 0.467. The van der Waals surface area contributed by atoms with Crippen molar-refractivity contribution in [2.45, 2.75) is 39.0 Å². The maximum Gasteiger partial charge on any atom is 0.266 e. The zero-order chi connectivity index (χ0) is 14.7. The number of furan rings is 1. The Bertz CT molecular complexity index is 548. The third kappa shape index (κ3) is 3.15. The smallest absolute Gasteiger partial charge is 0.266 e. The molecule has 1 atom stereocenters. The molecule has 1 amide bonds. The minimum absolute atomic E-state index is 0.0569. The topological polar surface area (TPSA) is 33.5 Å². The van der Waals surface area contributed by atoms with Gasteiger partial charge in [-0.05, 0) is 25.0 Å². The lowest BCUT2D eigenvalue weighted by Crippen LogP contribution is -2.22. The Morgan fingerprint density at radius 3 is 2.75 bits per heavy atom. The highest BCUT2D eigenvalue weighted by Gasteiger charge is 2.29. The van der Waals surface area contributed by atoms with Crippen molar-refractivity contribution in [1.82, 2.24) is 4.90 Å². The number of hydrogen-bond donors (Lipinski definition) is 0. The molecule has 2 heterocycles. The number of amides is 1. The zero-order valence-electron chi connectivity index (χ0n) is 12.0. The molecule has 1 fully saturated rings. The third-order valence-electron chi connectivity index (χ3n) is 3.44. The first-order valence-electron chi connectivity index (χ1n) is 6.88. The summed E-state index contributed by atoms with van der Waals surface area (Å²) in [4.78, 5) is 14.0. The van der Waals surface area contributed by atoms with Crippen molar-refractivity contribution in [2.24, 2.45) is 0 Å². The number of nitrogens with zero attached hydrogens (tertiary/aromatic N) is 1. The van der Waals surface area contributed by atoms with Crippen molar-refractivity contribution >= 4 is 40.3 Å². The Labute approximate surface area is 129 Å². The standard InChI is InChI=1S/C15H19NO2S2/c1-4-6-10(5-2)12-8-7-11(18-12)9-13-14(17)16(3)15(19)20-13/h7-10H,4-6H2,1-3H3/b13-9-. The Hall–Kier alpha value is -1.07. The van der Waals surface area contributed by atoms with E-state index >= 15 is 0 Å². The Balaban J connectivity index is 2.17.